The molecule has 16 heteroatoms. The zero-order chi connectivity index (χ0) is 13.5. The number of rotatable bonds is 0. The van der Waals surface area contributed by atoms with Crippen molar-refractivity contribution in [2.24, 2.45) is 0 Å². The molecule has 0 aromatic rings. The molecule has 0 amide bonds. The summed E-state index contributed by atoms with van der Waals surface area (Å²) in [5.41, 5.74) is 0. The van der Waals surface area contributed by atoms with E-state index in [2.05, 4.69) is 0 Å². The van der Waals surface area contributed by atoms with Crippen molar-refractivity contribution < 1.29 is 50.1 Å². The minimum Gasteiger partial charge on any atom is -0.310 e. The molecule has 0 radical (unpaired) electrons. The molecule has 0 aromatic heterocycles. The molecule has 0 bridgehead atoms. The van der Waals surface area contributed by atoms with Crippen LogP contribution in [0.4, 0.5) is 0 Å². The second-order valence-corrected chi connectivity index (χ2v) is 1.22. The van der Waals surface area contributed by atoms with Gasteiger partial charge in [-0.25, -0.2) is 22.8 Å². The molecular weight excluding hydrogens is 342 g/mol. The first-order valence-corrected chi connectivity index (χ1v) is 5.74. The fourth-order valence-electron chi connectivity index (χ4n) is 0. The molecule has 0 aliphatic heterocycles. The summed E-state index contributed by atoms with van der Waals surface area (Å²) in [5.74, 6) is 0. The van der Waals surface area contributed by atoms with Crippen LogP contribution in [0.3, 0.4) is 0 Å². The van der Waals surface area contributed by atoms with E-state index in [-0.39, 0.29) is 20.2 Å². The summed E-state index contributed by atoms with van der Waals surface area (Å²) < 4.78 is 42.3. The van der Waals surface area contributed by atoms with Gasteiger partial charge in [0.05, 0.1) is 0 Å². The van der Waals surface area contributed by atoms with Crippen molar-refractivity contribution in [3.63, 3.8) is 0 Å². The second kappa shape index (κ2) is 102. The molecule has 5 N–H and O–H groups in total. The molecule has 90 valence electrons. The molecule has 0 heterocycles. The van der Waals surface area contributed by atoms with E-state index in [0.717, 1.165) is 0 Å². The first-order valence-electron chi connectivity index (χ1n) is 1.91. The van der Waals surface area contributed by atoms with Gasteiger partial charge in [0.15, 0.2) is 0 Å². The summed E-state index contributed by atoms with van der Waals surface area (Å²) >= 11 is 0. The van der Waals surface area contributed by atoms with Gasteiger partial charge in [0.1, 0.15) is 0 Å². The monoisotopic (exact) mass is 349 g/mol. The molecule has 0 saturated heterocycles. The van der Waals surface area contributed by atoms with Gasteiger partial charge in [-0.15, -0.1) is 0 Å². The predicted octanol–water partition coefficient (Wildman–Crippen LogP) is 0.771. The van der Waals surface area contributed by atoms with Gasteiger partial charge in [0.25, 0.3) is 0 Å². The quantitative estimate of drug-likeness (QED) is 0.309. The summed E-state index contributed by atoms with van der Waals surface area (Å²) in [6.07, 6.45) is 0. The molecule has 0 unspecified atom stereocenters. The Morgan fingerprint density at radius 1 is 0.500 bits per heavy atom. The molecule has 0 aliphatic rings. The van der Waals surface area contributed by atoms with Crippen LogP contribution < -0.4 is 0 Å². The zero-order valence-corrected chi connectivity index (χ0v) is 12.7. The fourth-order valence-corrected chi connectivity index (χ4v) is 0. The van der Waals surface area contributed by atoms with Gasteiger partial charge >= 0.3 is 63.6 Å². The minimum atomic E-state index is -0.833. The van der Waals surface area contributed by atoms with Crippen LogP contribution >= 0.6 is 43.4 Å². The Hall–Kier alpha value is 0.832. The van der Waals surface area contributed by atoms with Crippen molar-refractivity contribution in [1.82, 2.24) is 0 Å². The predicted molar refractivity (Wildman–Crippen MR) is 57.1 cm³/mol. The standard InChI is InChI=1S/Al.5HO2P/c;5*1-3-2/h;5*(H,1,2)/q+3;;;;;/p+2. The molecule has 0 aliphatic carbocycles. The first-order chi connectivity index (χ1) is 7.07. The average molecular weight is 349 g/mol. The Kier molecular flexibility index (Phi) is 230. The van der Waals surface area contributed by atoms with E-state index in [1.807, 2.05) is 0 Å². The van der Waals surface area contributed by atoms with Crippen LogP contribution in [0.1, 0.15) is 2.85 Å². The minimum absolute atomic E-state index is 0. The Morgan fingerprint density at radius 2 is 0.500 bits per heavy atom. The maximum atomic E-state index is 8.46. The van der Waals surface area contributed by atoms with Crippen molar-refractivity contribution in [2.45, 2.75) is 0 Å². The third-order valence-corrected chi connectivity index (χ3v) is 0. The molecule has 0 atom stereocenters. The summed E-state index contributed by atoms with van der Waals surface area (Å²) in [5, 5.41) is 0. The van der Waals surface area contributed by atoms with Gasteiger partial charge in [-0.1, -0.05) is 0 Å². The van der Waals surface area contributed by atoms with Crippen LogP contribution in [0.15, 0.2) is 0 Å². The summed E-state index contributed by atoms with van der Waals surface area (Å²) in [4.78, 5) is 34.9. The third kappa shape index (κ3) is 4100. The SMILES string of the molecule is O=PO.O=PO.O=PO.O=PO.O=PO.[Al+3].[H+].[H+]. The van der Waals surface area contributed by atoms with Gasteiger partial charge in [-0.3, -0.25) is 0 Å². The van der Waals surface area contributed by atoms with E-state index in [4.69, 9.17) is 47.3 Å². The van der Waals surface area contributed by atoms with Crippen LogP contribution in [0.2, 0.25) is 0 Å². The van der Waals surface area contributed by atoms with Crippen molar-refractivity contribution in [3.05, 3.63) is 0 Å². The smallest absolute Gasteiger partial charge is 0.310 e. The van der Waals surface area contributed by atoms with E-state index < -0.39 is 43.4 Å². The van der Waals surface area contributed by atoms with Gasteiger partial charge in [0.2, 0.25) is 0 Å². The molecule has 0 saturated carbocycles. The van der Waals surface area contributed by atoms with Gasteiger partial charge in [-0.05, 0) is 0 Å². The van der Waals surface area contributed by atoms with Crippen molar-refractivity contribution in [2.75, 3.05) is 0 Å². The molecule has 10 nitrogen and oxygen atoms in total. The van der Waals surface area contributed by atoms with E-state index in [0.29, 0.717) is 0 Å². The Balaban J connectivity index is -0.0000000111. The molecule has 0 rings (SSSR count). The molecule has 0 aromatic carbocycles. The van der Waals surface area contributed by atoms with Crippen LogP contribution in [0, 0.1) is 0 Å². The van der Waals surface area contributed by atoms with Gasteiger partial charge < -0.3 is 24.5 Å². The number of hydrogen-bond donors (Lipinski definition) is 5. The normalized spacial score (nSPS) is 6.56. The van der Waals surface area contributed by atoms with E-state index >= 15 is 0 Å². The topological polar surface area (TPSA) is 186 Å². The second-order valence-electron chi connectivity index (χ2n) is 0.408. The van der Waals surface area contributed by atoms with E-state index in [1.54, 1.807) is 0 Å². The third-order valence-electron chi connectivity index (χ3n) is 0. The summed E-state index contributed by atoms with van der Waals surface area (Å²) in [6.45, 7) is 0. The van der Waals surface area contributed by atoms with E-state index in [1.165, 1.54) is 0 Å². The Morgan fingerprint density at radius 3 is 0.500 bits per heavy atom. The van der Waals surface area contributed by atoms with Crippen molar-refractivity contribution >= 4 is 60.8 Å². The summed E-state index contributed by atoms with van der Waals surface area (Å²) in [6, 6.07) is 0. The Labute approximate surface area is 111 Å². The average Bonchev–Trinajstić information content (AvgIpc) is 2.09. The molecular formula is H7AlO10P5+5. The molecule has 16 heavy (non-hydrogen) atoms. The van der Waals surface area contributed by atoms with Crippen LogP contribution in [-0.4, -0.2) is 41.8 Å². The Bertz CT molecular complexity index is 101. The van der Waals surface area contributed by atoms with Crippen LogP contribution in [0.5, 0.6) is 0 Å². The van der Waals surface area contributed by atoms with Crippen molar-refractivity contribution in [3.8, 4) is 0 Å². The van der Waals surface area contributed by atoms with Gasteiger partial charge in [0, 0.05) is 0 Å². The first kappa shape index (κ1) is 36.0. The van der Waals surface area contributed by atoms with Crippen LogP contribution in [0.25, 0.3) is 0 Å². The maximum Gasteiger partial charge on any atom is 3.00 e. The summed E-state index contributed by atoms with van der Waals surface area (Å²) in [7, 11) is -4.17. The number of hydrogen-bond acceptors (Lipinski definition) is 5. The zero-order valence-electron chi connectivity index (χ0n) is 9.09. The van der Waals surface area contributed by atoms with E-state index in [9.17, 15) is 0 Å². The fraction of sp³-hybridized carbons (Fsp3) is 0. The van der Waals surface area contributed by atoms with Crippen LogP contribution in [-0.2, 0) is 22.8 Å². The molecule has 0 fully saturated rings. The molecule has 0 spiro atoms. The van der Waals surface area contributed by atoms with Crippen molar-refractivity contribution in [1.29, 1.82) is 0 Å². The van der Waals surface area contributed by atoms with Gasteiger partial charge in [-0.2, -0.15) is 0 Å². The largest absolute Gasteiger partial charge is 3.00 e. The maximum absolute atomic E-state index is 8.46.